The largest absolute Gasteiger partial charge is 0.489 e. The highest BCUT2D eigenvalue weighted by molar-refractivity contribution is 7.88. The van der Waals surface area contributed by atoms with Crippen molar-refractivity contribution in [1.82, 2.24) is 19.2 Å². The monoisotopic (exact) mass is 662 g/mol. The lowest BCUT2D eigenvalue weighted by Gasteiger charge is -2.36. The molecule has 10 nitrogen and oxygen atoms in total. The van der Waals surface area contributed by atoms with Gasteiger partial charge >= 0.3 is 6.09 Å². The van der Waals surface area contributed by atoms with Crippen LogP contribution >= 0.6 is 0 Å². The van der Waals surface area contributed by atoms with Crippen LogP contribution < -0.4 is 9.46 Å². The summed E-state index contributed by atoms with van der Waals surface area (Å²) < 4.78 is 61.2. The number of hydrogen-bond donors (Lipinski definition) is 1. The molecule has 3 heterocycles. The third-order valence-electron chi connectivity index (χ3n) is 7.55. The van der Waals surface area contributed by atoms with Gasteiger partial charge in [0.2, 0.25) is 10.0 Å². The third-order valence-corrected chi connectivity index (χ3v) is 9.92. The molecule has 1 N–H and O–H groups in total. The van der Waals surface area contributed by atoms with Gasteiger partial charge in [0.25, 0.3) is 0 Å². The molecule has 0 atom stereocenters. The van der Waals surface area contributed by atoms with Crippen LogP contribution in [0.15, 0.2) is 42.7 Å². The number of carbonyl (C=O) groups excluding carboxylic acids is 1. The molecule has 0 unspecified atom stereocenters. The van der Waals surface area contributed by atoms with E-state index in [1.54, 1.807) is 17.2 Å². The predicted octanol–water partition coefficient (Wildman–Crippen LogP) is 6.18. The van der Waals surface area contributed by atoms with Crippen LogP contribution in [0, 0.1) is 0 Å². The zero-order valence-electron chi connectivity index (χ0n) is 27.5. The first-order chi connectivity index (χ1) is 20.9. The van der Waals surface area contributed by atoms with Gasteiger partial charge in [0.1, 0.15) is 36.0 Å². The highest BCUT2D eigenvalue weighted by atomic mass is 32.2. The zero-order valence-corrected chi connectivity index (χ0v) is 29.3. The van der Waals surface area contributed by atoms with Gasteiger partial charge < -0.3 is 23.7 Å². The van der Waals surface area contributed by atoms with E-state index in [1.807, 2.05) is 55.8 Å². The third kappa shape index (κ3) is 10.2. The number of fused-ring (bicyclic) bond motifs is 1. The average molecular weight is 663 g/mol. The van der Waals surface area contributed by atoms with Gasteiger partial charge in [0.05, 0.1) is 11.6 Å². The maximum Gasteiger partial charge on any atom is 0.410 e. The number of ether oxygens (including phenoxy) is 3. The van der Waals surface area contributed by atoms with Crippen molar-refractivity contribution in [3.05, 3.63) is 48.3 Å². The Morgan fingerprint density at radius 1 is 1.11 bits per heavy atom. The first-order valence-electron chi connectivity index (χ1n) is 15.3. The Balaban J connectivity index is 1.56. The summed E-state index contributed by atoms with van der Waals surface area (Å²) in [6.45, 7) is 13.8. The number of piperidine rings is 1. The van der Waals surface area contributed by atoms with E-state index in [4.69, 9.17) is 14.2 Å². The maximum atomic E-state index is 16.0. The number of benzene rings is 1. The van der Waals surface area contributed by atoms with Gasteiger partial charge in [-0.25, -0.2) is 27.3 Å². The normalized spacial score (nSPS) is 15.8. The van der Waals surface area contributed by atoms with Gasteiger partial charge in [0, 0.05) is 65.1 Å². The van der Waals surface area contributed by atoms with Crippen LogP contribution in [0.1, 0.15) is 39.2 Å². The molecule has 1 fully saturated rings. The van der Waals surface area contributed by atoms with Crippen molar-refractivity contribution >= 4 is 35.2 Å². The molecule has 4 rings (SSSR count). The summed E-state index contributed by atoms with van der Waals surface area (Å²) in [5.41, 5.74) is 0.975. The zero-order chi connectivity index (χ0) is 33.0. The van der Waals surface area contributed by atoms with Crippen LogP contribution in [0.25, 0.3) is 22.2 Å². The second-order valence-corrected chi connectivity index (χ2v) is 21.5. The minimum atomic E-state index is -3.32. The molecular formula is C32H47FN4O6SSi. The lowest BCUT2D eigenvalue weighted by atomic mass is 9.94. The summed E-state index contributed by atoms with van der Waals surface area (Å²) in [5.74, 6) is 0.505. The lowest BCUT2D eigenvalue weighted by molar-refractivity contribution is -0.00897. The molecule has 0 saturated carbocycles. The predicted molar refractivity (Wildman–Crippen MR) is 177 cm³/mol. The molecule has 1 aliphatic heterocycles. The van der Waals surface area contributed by atoms with Crippen molar-refractivity contribution in [3.8, 4) is 16.9 Å². The van der Waals surface area contributed by atoms with Crippen LogP contribution in [0.2, 0.25) is 25.7 Å². The molecule has 1 aromatic carbocycles. The van der Waals surface area contributed by atoms with Gasteiger partial charge in [-0.15, -0.1) is 0 Å². The first-order valence-corrected chi connectivity index (χ1v) is 20.9. The number of halogens is 1. The average Bonchev–Trinajstić information content (AvgIpc) is 3.31. The number of likely N-dealkylation sites (tertiary alicyclic amines) is 1. The number of nitrogens with zero attached hydrogens (tertiary/aromatic N) is 3. The van der Waals surface area contributed by atoms with Crippen molar-refractivity contribution in [2.24, 2.45) is 0 Å². The number of aromatic nitrogens is 2. The molecule has 0 aliphatic carbocycles. The molecule has 13 heteroatoms. The van der Waals surface area contributed by atoms with Crippen LogP contribution in [0.3, 0.4) is 0 Å². The van der Waals surface area contributed by atoms with E-state index in [2.05, 4.69) is 29.3 Å². The van der Waals surface area contributed by atoms with E-state index in [-0.39, 0.29) is 39.1 Å². The molecule has 0 bridgehead atoms. The second kappa shape index (κ2) is 13.8. The molecule has 45 heavy (non-hydrogen) atoms. The van der Waals surface area contributed by atoms with Gasteiger partial charge in [-0.2, -0.15) is 0 Å². The van der Waals surface area contributed by atoms with E-state index >= 15 is 4.39 Å². The topological polar surface area (TPSA) is 112 Å². The van der Waals surface area contributed by atoms with Gasteiger partial charge in [-0.05, 0) is 44.0 Å². The molecule has 2 aromatic heterocycles. The lowest BCUT2D eigenvalue weighted by Crippen LogP contribution is -2.48. The molecule has 1 amide bonds. The fourth-order valence-corrected chi connectivity index (χ4v) is 6.14. The van der Waals surface area contributed by atoms with Crippen molar-refractivity contribution < 1.29 is 31.8 Å². The maximum absolute atomic E-state index is 16.0. The van der Waals surface area contributed by atoms with E-state index in [9.17, 15) is 13.2 Å². The second-order valence-electron chi connectivity index (χ2n) is 14.1. The standard InChI is InChI=1S/C32H47FN4O6SSi/c1-31(2,3)43-30(38)36-16-13-32(33,14-17-36)22-42-27-12-15-34-29-28(27)26(21-37(29)23-41-18-19-45(5,6)7)25-10-8-24(9-11-25)20-35-44(4,39)40/h8-12,15,21,35H,13-14,16-20,22-23H2,1-7H3. The number of rotatable bonds is 12. The number of hydrogen-bond acceptors (Lipinski definition) is 7. The number of nitrogens with one attached hydrogen (secondary N) is 1. The van der Waals surface area contributed by atoms with E-state index in [0.717, 1.165) is 34.4 Å². The molecule has 1 saturated heterocycles. The summed E-state index contributed by atoms with van der Waals surface area (Å²) in [4.78, 5) is 18.7. The highest BCUT2D eigenvalue weighted by Gasteiger charge is 2.38. The van der Waals surface area contributed by atoms with Crippen LogP contribution in [0.4, 0.5) is 9.18 Å². The Hall–Kier alpha value is -3.00. The van der Waals surface area contributed by atoms with Gasteiger partial charge in [0.15, 0.2) is 0 Å². The molecular weight excluding hydrogens is 616 g/mol. The SMILES string of the molecule is CC(C)(C)OC(=O)N1CCC(F)(COc2ccnc3c2c(-c2ccc(CNS(C)(=O)=O)cc2)cn3COCC[Si](C)(C)C)CC1. The van der Waals surface area contributed by atoms with Gasteiger partial charge in [-0.1, -0.05) is 43.9 Å². The number of carbonyl (C=O) groups is 1. The molecule has 3 aromatic rings. The molecule has 0 radical (unpaired) electrons. The van der Waals surface area contributed by atoms with Gasteiger partial charge in [-0.3, -0.25) is 0 Å². The van der Waals surface area contributed by atoms with Crippen LogP contribution in [0.5, 0.6) is 5.75 Å². The smallest absolute Gasteiger partial charge is 0.410 e. The molecule has 248 valence electrons. The minimum absolute atomic E-state index is 0.141. The number of pyridine rings is 1. The Bertz CT molecular complexity index is 1570. The minimum Gasteiger partial charge on any atom is -0.489 e. The Morgan fingerprint density at radius 2 is 1.78 bits per heavy atom. The van der Waals surface area contributed by atoms with Crippen molar-refractivity contribution in [1.29, 1.82) is 0 Å². The summed E-state index contributed by atoms with van der Waals surface area (Å²) in [6.07, 6.45) is 4.59. The van der Waals surface area contributed by atoms with E-state index in [1.165, 1.54) is 0 Å². The van der Waals surface area contributed by atoms with Crippen molar-refractivity contribution in [3.63, 3.8) is 0 Å². The van der Waals surface area contributed by atoms with Crippen LogP contribution in [-0.2, 0) is 32.8 Å². The summed E-state index contributed by atoms with van der Waals surface area (Å²) in [7, 11) is -4.58. The summed E-state index contributed by atoms with van der Waals surface area (Å²) in [5, 5.41) is 0.739. The number of amides is 1. The summed E-state index contributed by atoms with van der Waals surface area (Å²) in [6, 6.07) is 10.4. The Labute approximate surface area is 267 Å². The van der Waals surface area contributed by atoms with E-state index < -0.39 is 35.5 Å². The number of sulfonamides is 1. The van der Waals surface area contributed by atoms with Crippen molar-refractivity contribution in [2.45, 2.75) is 83.8 Å². The van der Waals surface area contributed by atoms with Crippen LogP contribution in [-0.4, -0.2) is 80.9 Å². The molecule has 1 aliphatic rings. The molecule has 0 spiro atoms. The highest BCUT2D eigenvalue weighted by Crippen LogP contribution is 2.38. The van der Waals surface area contributed by atoms with E-state index in [0.29, 0.717) is 24.7 Å². The summed E-state index contributed by atoms with van der Waals surface area (Å²) >= 11 is 0. The Morgan fingerprint density at radius 3 is 2.38 bits per heavy atom. The number of alkyl halides is 1. The van der Waals surface area contributed by atoms with Crippen molar-refractivity contribution in [2.75, 3.05) is 32.6 Å². The Kier molecular flexibility index (Phi) is 10.7. The fraction of sp³-hybridized carbons (Fsp3) is 0.562. The quantitative estimate of drug-likeness (QED) is 0.182. The fourth-order valence-electron chi connectivity index (χ4n) is 4.95. The first kappa shape index (κ1) is 34.9.